The Morgan fingerprint density at radius 1 is 0.923 bits per heavy atom. The lowest BCUT2D eigenvalue weighted by atomic mass is 10.1. The van der Waals surface area contributed by atoms with Crippen LogP contribution in [-0.2, 0) is 14.3 Å². The summed E-state index contributed by atoms with van der Waals surface area (Å²) in [5, 5.41) is 0. The first-order valence-corrected chi connectivity index (χ1v) is 11.2. The van der Waals surface area contributed by atoms with Gasteiger partial charge in [0, 0.05) is 13.0 Å². The molecule has 26 heavy (non-hydrogen) atoms. The highest BCUT2D eigenvalue weighted by molar-refractivity contribution is 5.69. The summed E-state index contributed by atoms with van der Waals surface area (Å²) in [6.45, 7) is 3.53. The molecule has 3 heteroatoms. The first-order valence-electron chi connectivity index (χ1n) is 11.2. The van der Waals surface area contributed by atoms with Crippen LogP contribution in [0.5, 0.6) is 0 Å². The summed E-state index contributed by atoms with van der Waals surface area (Å²) in [4.78, 5) is 11.6. The number of unbranched alkanes of at least 4 members (excludes halogenated alkanes) is 11. The third-order valence-corrected chi connectivity index (χ3v) is 5.10. The predicted molar refractivity (Wildman–Crippen MR) is 109 cm³/mol. The van der Waals surface area contributed by atoms with Crippen molar-refractivity contribution in [3.05, 3.63) is 12.2 Å². The number of carbonyl (C=O) groups is 1. The minimum atomic E-state index is -0.0573. The summed E-state index contributed by atoms with van der Waals surface area (Å²) in [6.07, 6.45) is 24.2. The van der Waals surface area contributed by atoms with Gasteiger partial charge < -0.3 is 9.47 Å². The zero-order chi connectivity index (χ0) is 18.7. The average molecular weight is 367 g/mol. The minimum absolute atomic E-state index is 0.0573. The molecular weight excluding hydrogens is 324 g/mol. The maximum Gasteiger partial charge on any atom is 0.305 e. The number of esters is 1. The number of allylic oxidation sites excluding steroid dienone is 2. The normalized spacial score (nSPS) is 17.2. The smallest absolute Gasteiger partial charge is 0.305 e. The molecule has 0 saturated carbocycles. The lowest BCUT2D eigenvalue weighted by Crippen LogP contribution is -2.17. The van der Waals surface area contributed by atoms with Crippen molar-refractivity contribution in [3.8, 4) is 0 Å². The van der Waals surface area contributed by atoms with Gasteiger partial charge in [0.2, 0.25) is 0 Å². The predicted octanol–water partition coefficient (Wildman–Crippen LogP) is 6.75. The van der Waals surface area contributed by atoms with Gasteiger partial charge in [0.1, 0.15) is 6.61 Å². The molecule has 0 aromatic heterocycles. The molecule has 1 fully saturated rings. The van der Waals surface area contributed by atoms with Crippen molar-refractivity contribution < 1.29 is 14.3 Å². The van der Waals surface area contributed by atoms with Crippen LogP contribution in [0.3, 0.4) is 0 Å². The van der Waals surface area contributed by atoms with E-state index in [0.717, 1.165) is 32.3 Å². The van der Waals surface area contributed by atoms with E-state index in [2.05, 4.69) is 19.1 Å². The van der Waals surface area contributed by atoms with E-state index < -0.39 is 0 Å². The number of hydrogen-bond acceptors (Lipinski definition) is 3. The van der Waals surface area contributed by atoms with Gasteiger partial charge in [-0.1, -0.05) is 70.4 Å². The van der Waals surface area contributed by atoms with E-state index in [4.69, 9.17) is 9.47 Å². The van der Waals surface area contributed by atoms with Crippen molar-refractivity contribution in [3.63, 3.8) is 0 Å². The fourth-order valence-corrected chi connectivity index (χ4v) is 3.37. The van der Waals surface area contributed by atoms with E-state index in [1.165, 1.54) is 70.6 Å². The molecule has 0 unspecified atom stereocenters. The maximum absolute atomic E-state index is 11.6. The van der Waals surface area contributed by atoms with Crippen molar-refractivity contribution in [1.82, 2.24) is 0 Å². The number of hydrogen-bond donors (Lipinski definition) is 0. The van der Waals surface area contributed by atoms with Crippen LogP contribution < -0.4 is 0 Å². The molecule has 3 nitrogen and oxygen atoms in total. The molecule has 1 rings (SSSR count). The fourth-order valence-electron chi connectivity index (χ4n) is 3.37. The van der Waals surface area contributed by atoms with Crippen molar-refractivity contribution >= 4 is 5.97 Å². The van der Waals surface area contributed by atoms with Gasteiger partial charge in [-0.15, -0.1) is 0 Å². The molecule has 0 aromatic rings. The molecule has 1 aliphatic rings. The standard InChI is InChI=1S/C23H42O3/c1-2-3-4-5-6-7-8-9-10-11-12-13-14-15-16-19-23(24)26-21-22-18-17-20-25-22/h9-10,22H,2-8,11-21H2,1H3/b10-9-/t22-/m0/s1. The number of rotatable bonds is 17. The number of carbonyl (C=O) groups excluding carboxylic acids is 1. The SMILES string of the molecule is CCCCCCCC/C=C\CCCCCCCC(=O)OC[C@@H]1CCCO1. The molecule has 152 valence electrons. The Bertz CT molecular complexity index is 345. The first-order chi connectivity index (χ1) is 12.8. The van der Waals surface area contributed by atoms with Gasteiger partial charge in [0.05, 0.1) is 6.10 Å². The molecule has 1 saturated heterocycles. The average Bonchev–Trinajstić information content (AvgIpc) is 3.17. The van der Waals surface area contributed by atoms with Crippen LogP contribution in [0.2, 0.25) is 0 Å². The summed E-state index contributed by atoms with van der Waals surface area (Å²) in [7, 11) is 0. The molecule has 0 aliphatic carbocycles. The van der Waals surface area contributed by atoms with Crippen LogP contribution >= 0.6 is 0 Å². The first kappa shape index (κ1) is 23.2. The monoisotopic (exact) mass is 366 g/mol. The van der Waals surface area contributed by atoms with Crippen LogP contribution in [0.15, 0.2) is 12.2 Å². The third-order valence-electron chi connectivity index (χ3n) is 5.10. The highest BCUT2D eigenvalue weighted by Gasteiger charge is 2.17. The molecular formula is C23H42O3. The minimum Gasteiger partial charge on any atom is -0.463 e. The lowest BCUT2D eigenvalue weighted by Gasteiger charge is -2.09. The van der Waals surface area contributed by atoms with Gasteiger partial charge in [0.15, 0.2) is 0 Å². The van der Waals surface area contributed by atoms with Crippen molar-refractivity contribution in [2.75, 3.05) is 13.2 Å². The molecule has 0 bridgehead atoms. The van der Waals surface area contributed by atoms with E-state index in [-0.39, 0.29) is 12.1 Å². The van der Waals surface area contributed by atoms with Gasteiger partial charge >= 0.3 is 5.97 Å². The second-order valence-electron chi connectivity index (χ2n) is 7.65. The number of ether oxygens (including phenoxy) is 2. The van der Waals surface area contributed by atoms with Gasteiger partial charge in [-0.25, -0.2) is 0 Å². The van der Waals surface area contributed by atoms with Crippen LogP contribution in [0.1, 0.15) is 110 Å². The summed E-state index contributed by atoms with van der Waals surface area (Å²) >= 11 is 0. The van der Waals surface area contributed by atoms with Crippen LogP contribution in [-0.4, -0.2) is 25.3 Å². The summed E-state index contributed by atoms with van der Waals surface area (Å²) in [5.41, 5.74) is 0. The van der Waals surface area contributed by atoms with Crippen LogP contribution in [0.4, 0.5) is 0 Å². The van der Waals surface area contributed by atoms with Crippen molar-refractivity contribution in [2.24, 2.45) is 0 Å². The van der Waals surface area contributed by atoms with Gasteiger partial charge in [-0.05, 0) is 44.9 Å². The highest BCUT2D eigenvalue weighted by Crippen LogP contribution is 2.13. The quantitative estimate of drug-likeness (QED) is 0.162. The van der Waals surface area contributed by atoms with E-state index in [1.807, 2.05) is 0 Å². The fraction of sp³-hybridized carbons (Fsp3) is 0.870. The highest BCUT2D eigenvalue weighted by atomic mass is 16.6. The Hall–Kier alpha value is -0.830. The zero-order valence-corrected chi connectivity index (χ0v) is 17.2. The molecule has 0 radical (unpaired) electrons. The Morgan fingerprint density at radius 3 is 2.15 bits per heavy atom. The van der Waals surface area contributed by atoms with E-state index >= 15 is 0 Å². The third kappa shape index (κ3) is 14.4. The van der Waals surface area contributed by atoms with E-state index in [0.29, 0.717) is 13.0 Å². The topological polar surface area (TPSA) is 35.5 Å². The molecule has 0 spiro atoms. The Balaban J connectivity index is 1.76. The van der Waals surface area contributed by atoms with Gasteiger partial charge in [0.25, 0.3) is 0 Å². The lowest BCUT2D eigenvalue weighted by molar-refractivity contribution is -0.147. The van der Waals surface area contributed by atoms with Crippen LogP contribution in [0, 0.1) is 0 Å². The summed E-state index contributed by atoms with van der Waals surface area (Å²) in [5.74, 6) is -0.0573. The molecule has 0 aromatic carbocycles. The van der Waals surface area contributed by atoms with Gasteiger partial charge in [-0.2, -0.15) is 0 Å². The van der Waals surface area contributed by atoms with Crippen LogP contribution in [0.25, 0.3) is 0 Å². The summed E-state index contributed by atoms with van der Waals surface area (Å²) < 4.78 is 10.7. The molecule has 1 aliphatic heterocycles. The molecule has 1 atom stereocenters. The Kier molecular flexibility index (Phi) is 15.7. The zero-order valence-electron chi connectivity index (χ0n) is 17.2. The maximum atomic E-state index is 11.6. The molecule has 0 amide bonds. The Labute approximate surface area is 161 Å². The summed E-state index contributed by atoms with van der Waals surface area (Å²) in [6, 6.07) is 0. The van der Waals surface area contributed by atoms with E-state index in [1.54, 1.807) is 0 Å². The molecule has 1 heterocycles. The van der Waals surface area contributed by atoms with Gasteiger partial charge in [-0.3, -0.25) is 4.79 Å². The second kappa shape index (κ2) is 17.6. The second-order valence-corrected chi connectivity index (χ2v) is 7.65. The Morgan fingerprint density at radius 2 is 1.54 bits per heavy atom. The van der Waals surface area contributed by atoms with Crippen molar-refractivity contribution in [2.45, 2.75) is 116 Å². The largest absolute Gasteiger partial charge is 0.463 e. The van der Waals surface area contributed by atoms with E-state index in [9.17, 15) is 4.79 Å². The molecule has 0 N–H and O–H groups in total. The van der Waals surface area contributed by atoms with Crippen molar-refractivity contribution in [1.29, 1.82) is 0 Å².